The molecule has 1 aliphatic heterocycles. The van der Waals surface area contributed by atoms with Gasteiger partial charge >= 0.3 is 5.97 Å². The lowest BCUT2D eigenvalue weighted by atomic mass is 9.80. The highest BCUT2D eigenvalue weighted by Gasteiger charge is 2.38. The molecule has 0 aliphatic carbocycles. The number of rotatable bonds is 2. The first-order valence-corrected chi connectivity index (χ1v) is 6.65. The molecule has 0 aromatic carbocycles. The van der Waals surface area contributed by atoms with Gasteiger partial charge in [-0.25, -0.2) is 9.97 Å². The second kappa shape index (κ2) is 5.22. The molecule has 0 bridgehead atoms. The predicted molar refractivity (Wildman–Crippen MR) is 71.3 cm³/mol. The van der Waals surface area contributed by atoms with E-state index in [2.05, 4.69) is 30.8 Å². The number of hydrogen-bond donors (Lipinski definition) is 0. The Bertz CT molecular complexity index is 427. The van der Waals surface area contributed by atoms with E-state index in [1.807, 2.05) is 6.92 Å². The predicted octanol–water partition coefficient (Wildman–Crippen LogP) is 2.02. The second-order valence-electron chi connectivity index (χ2n) is 4.74. The zero-order valence-corrected chi connectivity index (χ0v) is 12.1. The van der Waals surface area contributed by atoms with Crippen molar-refractivity contribution in [3.63, 3.8) is 0 Å². The minimum Gasteiger partial charge on any atom is -0.469 e. The number of methoxy groups -OCH3 is 1. The Labute approximate surface area is 115 Å². The van der Waals surface area contributed by atoms with Crippen LogP contribution in [0.15, 0.2) is 16.9 Å². The summed E-state index contributed by atoms with van der Waals surface area (Å²) in [7, 11) is 1.44. The van der Waals surface area contributed by atoms with Crippen molar-refractivity contribution in [2.75, 3.05) is 25.1 Å². The van der Waals surface area contributed by atoms with Crippen LogP contribution >= 0.6 is 15.9 Å². The van der Waals surface area contributed by atoms with Crippen molar-refractivity contribution < 1.29 is 9.53 Å². The first kappa shape index (κ1) is 13.3. The van der Waals surface area contributed by atoms with Crippen molar-refractivity contribution in [1.82, 2.24) is 9.97 Å². The van der Waals surface area contributed by atoms with Gasteiger partial charge in [0.1, 0.15) is 0 Å². The van der Waals surface area contributed by atoms with Gasteiger partial charge in [-0.2, -0.15) is 0 Å². The van der Waals surface area contributed by atoms with Crippen molar-refractivity contribution in [2.24, 2.45) is 5.41 Å². The summed E-state index contributed by atoms with van der Waals surface area (Å²) < 4.78 is 5.72. The molecule has 1 aliphatic rings. The highest BCUT2D eigenvalue weighted by Crippen LogP contribution is 2.33. The van der Waals surface area contributed by atoms with Gasteiger partial charge in [-0.15, -0.1) is 0 Å². The summed E-state index contributed by atoms with van der Waals surface area (Å²) in [6.07, 6.45) is 4.99. The van der Waals surface area contributed by atoms with Crippen LogP contribution in [-0.2, 0) is 9.53 Å². The molecule has 0 N–H and O–H groups in total. The van der Waals surface area contributed by atoms with E-state index in [9.17, 15) is 4.79 Å². The van der Waals surface area contributed by atoms with Gasteiger partial charge in [0.2, 0.25) is 5.95 Å². The Balaban J connectivity index is 2.02. The molecule has 1 aromatic heterocycles. The molecule has 0 radical (unpaired) electrons. The van der Waals surface area contributed by atoms with E-state index in [-0.39, 0.29) is 11.4 Å². The molecule has 0 spiro atoms. The van der Waals surface area contributed by atoms with Crippen LogP contribution in [0.4, 0.5) is 5.95 Å². The first-order chi connectivity index (χ1) is 8.55. The Morgan fingerprint density at radius 3 is 2.44 bits per heavy atom. The number of hydrogen-bond acceptors (Lipinski definition) is 5. The lowest BCUT2D eigenvalue weighted by Gasteiger charge is -2.37. The lowest BCUT2D eigenvalue weighted by molar-refractivity contribution is -0.152. The molecule has 6 heteroatoms. The number of aromatic nitrogens is 2. The number of carbonyl (C=O) groups is 1. The smallest absolute Gasteiger partial charge is 0.311 e. The number of ether oxygens (including phenoxy) is 1. The van der Waals surface area contributed by atoms with Crippen LogP contribution in [-0.4, -0.2) is 36.1 Å². The number of halogens is 1. The van der Waals surface area contributed by atoms with Crippen molar-refractivity contribution in [3.8, 4) is 0 Å². The Hall–Kier alpha value is -1.17. The maximum Gasteiger partial charge on any atom is 0.311 e. The van der Waals surface area contributed by atoms with E-state index in [0.29, 0.717) is 5.95 Å². The van der Waals surface area contributed by atoms with Crippen molar-refractivity contribution in [2.45, 2.75) is 19.8 Å². The van der Waals surface area contributed by atoms with Gasteiger partial charge in [0.15, 0.2) is 0 Å². The van der Waals surface area contributed by atoms with Crippen molar-refractivity contribution in [1.29, 1.82) is 0 Å². The topological polar surface area (TPSA) is 55.3 Å². The highest BCUT2D eigenvalue weighted by molar-refractivity contribution is 9.10. The van der Waals surface area contributed by atoms with E-state index in [1.54, 1.807) is 12.4 Å². The Morgan fingerprint density at radius 2 is 1.94 bits per heavy atom. The molecule has 2 rings (SSSR count). The van der Waals surface area contributed by atoms with Crippen LogP contribution < -0.4 is 4.90 Å². The number of anilines is 1. The van der Waals surface area contributed by atoms with Crippen LogP contribution in [0.2, 0.25) is 0 Å². The summed E-state index contributed by atoms with van der Waals surface area (Å²) in [6.45, 7) is 3.50. The van der Waals surface area contributed by atoms with Crippen LogP contribution in [0.1, 0.15) is 19.8 Å². The van der Waals surface area contributed by atoms with E-state index in [4.69, 9.17) is 4.74 Å². The molecule has 5 nitrogen and oxygen atoms in total. The van der Waals surface area contributed by atoms with Gasteiger partial charge in [-0.1, -0.05) is 0 Å². The zero-order chi connectivity index (χ0) is 13.2. The third-order valence-corrected chi connectivity index (χ3v) is 3.84. The van der Waals surface area contributed by atoms with E-state index in [1.165, 1.54) is 7.11 Å². The monoisotopic (exact) mass is 313 g/mol. The minimum absolute atomic E-state index is 0.126. The molecule has 0 saturated carbocycles. The maximum atomic E-state index is 11.7. The molecule has 0 atom stereocenters. The van der Waals surface area contributed by atoms with E-state index < -0.39 is 0 Å². The Kier molecular flexibility index (Phi) is 3.85. The molecule has 1 saturated heterocycles. The summed E-state index contributed by atoms with van der Waals surface area (Å²) in [5, 5.41) is 0. The maximum absolute atomic E-state index is 11.7. The van der Waals surface area contributed by atoms with E-state index >= 15 is 0 Å². The van der Waals surface area contributed by atoms with Crippen molar-refractivity contribution >= 4 is 27.8 Å². The standard InChI is InChI=1S/C12H16BrN3O2/c1-12(10(17)18-2)3-5-16(6-4-12)11-14-7-9(13)8-15-11/h7-8H,3-6H2,1-2H3. The molecule has 98 valence electrons. The van der Waals surface area contributed by atoms with Gasteiger partial charge in [-0.05, 0) is 35.7 Å². The lowest BCUT2D eigenvalue weighted by Crippen LogP contribution is -2.43. The summed E-state index contributed by atoms with van der Waals surface area (Å²) in [6, 6.07) is 0. The average molecular weight is 314 g/mol. The third kappa shape index (κ3) is 2.63. The van der Waals surface area contributed by atoms with Crippen LogP contribution in [0.25, 0.3) is 0 Å². The molecule has 0 unspecified atom stereocenters. The normalized spacial score (nSPS) is 18.5. The zero-order valence-electron chi connectivity index (χ0n) is 10.5. The minimum atomic E-state index is -0.374. The van der Waals surface area contributed by atoms with Crippen LogP contribution in [0.3, 0.4) is 0 Å². The molecule has 2 heterocycles. The average Bonchev–Trinajstić information content (AvgIpc) is 2.40. The quantitative estimate of drug-likeness (QED) is 0.782. The number of piperidine rings is 1. The first-order valence-electron chi connectivity index (χ1n) is 5.86. The number of esters is 1. The summed E-state index contributed by atoms with van der Waals surface area (Å²) >= 11 is 3.31. The summed E-state index contributed by atoms with van der Waals surface area (Å²) in [4.78, 5) is 22.3. The van der Waals surface area contributed by atoms with Crippen molar-refractivity contribution in [3.05, 3.63) is 16.9 Å². The van der Waals surface area contributed by atoms with Crippen LogP contribution in [0.5, 0.6) is 0 Å². The number of nitrogens with zero attached hydrogens (tertiary/aromatic N) is 3. The van der Waals surface area contributed by atoms with Gasteiger partial charge in [0.25, 0.3) is 0 Å². The fourth-order valence-corrected chi connectivity index (χ4v) is 2.32. The number of carbonyl (C=O) groups excluding carboxylic acids is 1. The fraction of sp³-hybridized carbons (Fsp3) is 0.583. The molecular formula is C12H16BrN3O2. The molecular weight excluding hydrogens is 298 g/mol. The Morgan fingerprint density at radius 1 is 1.39 bits per heavy atom. The van der Waals surface area contributed by atoms with E-state index in [0.717, 1.165) is 30.4 Å². The fourth-order valence-electron chi connectivity index (χ4n) is 2.12. The molecule has 18 heavy (non-hydrogen) atoms. The van der Waals surface area contributed by atoms with Gasteiger partial charge in [0.05, 0.1) is 17.0 Å². The third-order valence-electron chi connectivity index (χ3n) is 3.43. The second-order valence-corrected chi connectivity index (χ2v) is 5.66. The summed E-state index contributed by atoms with van der Waals surface area (Å²) in [5.41, 5.74) is -0.374. The summed E-state index contributed by atoms with van der Waals surface area (Å²) in [5.74, 6) is 0.587. The SMILES string of the molecule is COC(=O)C1(C)CCN(c2ncc(Br)cn2)CC1. The molecule has 1 aromatic rings. The van der Waals surface area contributed by atoms with Crippen LogP contribution in [0, 0.1) is 5.41 Å². The highest BCUT2D eigenvalue weighted by atomic mass is 79.9. The van der Waals surface area contributed by atoms with Gasteiger partial charge in [-0.3, -0.25) is 4.79 Å². The largest absolute Gasteiger partial charge is 0.469 e. The molecule has 1 fully saturated rings. The molecule has 0 amide bonds. The van der Waals surface area contributed by atoms with Gasteiger partial charge in [0, 0.05) is 25.5 Å². The van der Waals surface area contributed by atoms with Gasteiger partial charge < -0.3 is 9.64 Å².